The van der Waals surface area contributed by atoms with Crippen LogP contribution in [0.15, 0.2) is 53.2 Å². The van der Waals surface area contributed by atoms with Crippen LogP contribution in [0, 0.1) is 0 Å². The first-order valence-corrected chi connectivity index (χ1v) is 9.96. The second-order valence-corrected chi connectivity index (χ2v) is 8.08. The molecule has 2 heterocycles. The van der Waals surface area contributed by atoms with Gasteiger partial charge < -0.3 is 19.9 Å². The van der Waals surface area contributed by atoms with Gasteiger partial charge in [-0.25, -0.2) is 0 Å². The summed E-state index contributed by atoms with van der Waals surface area (Å²) < 4.78 is 11.1. The molecule has 8 heteroatoms. The predicted octanol–water partition coefficient (Wildman–Crippen LogP) is 4.09. The summed E-state index contributed by atoms with van der Waals surface area (Å²) in [4.78, 5) is 27.9. The van der Waals surface area contributed by atoms with E-state index in [1.807, 2.05) is 45.0 Å². The van der Waals surface area contributed by atoms with Crippen molar-refractivity contribution in [3.8, 4) is 11.5 Å². The van der Waals surface area contributed by atoms with Crippen molar-refractivity contribution in [3.05, 3.63) is 65.7 Å². The SMILES string of the molecule is CNC(=O)c1cc(Oc2ccc(CCC(=O)Nc3cc(C(C)(C)C)on3)cc2)ccn1. The monoisotopic (exact) mass is 422 g/mol. The average Bonchev–Trinajstić information content (AvgIpc) is 3.22. The van der Waals surface area contributed by atoms with Crippen molar-refractivity contribution in [2.24, 2.45) is 0 Å². The number of carbonyl (C=O) groups is 2. The van der Waals surface area contributed by atoms with E-state index in [-0.39, 0.29) is 22.9 Å². The lowest BCUT2D eigenvalue weighted by atomic mass is 9.93. The maximum atomic E-state index is 12.2. The maximum absolute atomic E-state index is 12.2. The number of rotatable bonds is 7. The normalized spacial score (nSPS) is 11.1. The molecule has 31 heavy (non-hydrogen) atoms. The quantitative estimate of drug-likeness (QED) is 0.594. The first-order valence-electron chi connectivity index (χ1n) is 9.96. The Morgan fingerprint density at radius 1 is 1.06 bits per heavy atom. The minimum atomic E-state index is -0.278. The molecule has 0 atom stereocenters. The van der Waals surface area contributed by atoms with Crippen molar-refractivity contribution in [2.75, 3.05) is 12.4 Å². The van der Waals surface area contributed by atoms with Gasteiger partial charge in [-0.3, -0.25) is 14.6 Å². The first kappa shape index (κ1) is 22.0. The van der Waals surface area contributed by atoms with Crippen molar-refractivity contribution in [3.63, 3.8) is 0 Å². The van der Waals surface area contributed by atoms with Crippen LogP contribution >= 0.6 is 0 Å². The highest BCUT2D eigenvalue weighted by Crippen LogP contribution is 2.25. The fraction of sp³-hybridized carbons (Fsp3) is 0.304. The summed E-state index contributed by atoms with van der Waals surface area (Å²) in [5, 5.41) is 9.19. The number of aryl methyl sites for hydroxylation is 1. The molecule has 8 nitrogen and oxygen atoms in total. The fourth-order valence-corrected chi connectivity index (χ4v) is 2.74. The number of pyridine rings is 1. The van der Waals surface area contributed by atoms with Gasteiger partial charge in [0.1, 0.15) is 23.0 Å². The largest absolute Gasteiger partial charge is 0.457 e. The van der Waals surface area contributed by atoms with E-state index < -0.39 is 0 Å². The third-order valence-corrected chi connectivity index (χ3v) is 4.51. The van der Waals surface area contributed by atoms with Gasteiger partial charge in [-0.1, -0.05) is 38.1 Å². The molecule has 0 saturated heterocycles. The Labute approximate surface area is 181 Å². The molecule has 0 aliphatic carbocycles. The lowest BCUT2D eigenvalue weighted by Gasteiger charge is -2.12. The van der Waals surface area contributed by atoms with Gasteiger partial charge in [0.05, 0.1) is 0 Å². The van der Waals surface area contributed by atoms with E-state index in [9.17, 15) is 9.59 Å². The number of nitrogens with zero attached hydrogens (tertiary/aromatic N) is 2. The molecule has 0 fully saturated rings. The number of aromatic nitrogens is 2. The summed E-state index contributed by atoms with van der Waals surface area (Å²) >= 11 is 0. The second kappa shape index (κ2) is 9.42. The Kier molecular flexibility index (Phi) is 6.69. The average molecular weight is 422 g/mol. The molecule has 3 aromatic rings. The highest BCUT2D eigenvalue weighted by atomic mass is 16.5. The van der Waals surface area contributed by atoms with E-state index in [1.54, 1.807) is 25.2 Å². The molecule has 0 bridgehead atoms. The number of nitrogens with one attached hydrogen (secondary N) is 2. The summed E-state index contributed by atoms with van der Waals surface area (Å²) in [6.45, 7) is 6.05. The highest BCUT2D eigenvalue weighted by Gasteiger charge is 2.20. The smallest absolute Gasteiger partial charge is 0.269 e. The van der Waals surface area contributed by atoms with Crippen LogP contribution in [0.1, 0.15) is 49.0 Å². The van der Waals surface area contributed by atoms with Gasteiger partial charge in [-0.05, 0) is 30.2 Å². The molecular formula is C23H26N4O4. The molecule has 2 N–H and O–H groups in total. The standard InChI is InChI=1S/C23H26N4O4/c1-23(2,3)19-14-20(27-31-19)26-21(28)10-7-15-5-8-16(9-6-15)30-17-11-12-25-18(13-17)22(29)24-4/h5-6,8-9,11-14H,7,10H2,1-4H3,(H,24,29)(H,26,27,28). The molecule has 2 amide bonds. The van der Waals surface area contributed by atoms with Gasteiger partial charge >= 0.3 is 0 Å². The molecule has 0 spiro atoms. The Morgan fingerprint density at radius 3 is 2.45 bits per heavy atom. The zero-order chi connectivity index (χ0) is 22.4. The number of benzene rings is 1. The van der Waals surface area contributed by atoms with E-state index in [0.29, 0.717) is 30.2 Å². The van der Waals surface area contributed by atoms with E-state index in [1.165, 1.54) is 6.20 Å². The lowest BCUT2D eigenvalue weighted by Crippen LogP contribution is -2.18. The summed E-state index contributed by atoms with van der Waals surface area (Å²) in [6.07, 6.45) is 2.41. The van der Waals surface area contributed by atoms with Crippen LogP contribution in [0.5, 0.6) is 11.5 Å². The van der Waals surface area contributed by atoms with Crippen molar-refractivity contribution in [2.45, 2.75) is 39.0 Å². The van der Waals surface area contributed by atoms with Crippen molar-refractivity contribution in [1.29, 1.82) is 0 Å². The summed E-state index contributed by atoms with van der Waals surface area (Å²) in [5.41, 5.74) is 1.11. The molecule has 162 valence electrons. The van der Waals surface area contributed by atoms with Gasteiger partial charge in [-0.15, -0.1) is 0 Å². The van der Waals surface area contributed by atoms with E-state index in [4.69, 9.17) is 9.26 Å². The third-order valence-electron chi connectivity index (χ3n) is 4.51. The van der Waals surface area contributed by atoms with Crippen LogP contribution < -0.4 is 15.4 Å². The third kappa shape index (κ3) is 6.15. The van der Waals surface area contributed by atoms with E-state index >= 15 is 0 Å². The Bertz CT molecular complexity index is 1050. The summed E-state index contributed by atoms with van der Waals surface area (Å²) in [5.74, 6) is 1.87. The Hall–Kier alpha value is -3.68. The fourth-order valence-electron chi connectivity index (χ4n) is 2.74. The Balaban J connectivity index is 1.52. The molecule has 0 unspecified atom stereocenters. The molecule has 2 aromatic heterocycles. The van der Waals surface area contributed by atoms with Crippen LogP contribution in [0.3, 0.4) is 0 Å². The minimum Gasteiger partial charge on any atom is -0.457 e. The molecule has 1 aromatic carbocycles. The molecule has 0 aliphatic rings. The van der Waals surface area contributed by atoms with Crippen LogP contribution in [0.4, 0.5) is 5.82 Å². The van der Waals surface area contributed by atoms with Gasteiger partial charge in [0.25, 0.3) is 5.91 Å². The molecule has 0 aliphatic heterocycles. The molecule has 0 saturated carbocycles. The molecule has 0 radical (unpaired) electrons. The van der Waals surface area contributed by atoms with Gasteiger partial charge in [-0.2, -0.15) is 0 Å². The zero-order valence-electron chi connectivity index (χ0n) is 18.1. The van der Waals surface area contributed by atoms with Crippen LogP contribution in [0.2, 0.25) is 0 Å². The first-order chi connectivity index (χ1) is 14.7. The maximum Gasteiger partial charge on any atom is 0.269 e. The predicted molar refractivity (Wildman–Crippen MR) is 116 cm³/mol. The number of hydrogen-bond acceptors (Lipinski definition) is 6. The number of carbonyl (C=O) groups excluding carboxylic acids is 2. The van der Waals surface area contributed by atoms with Gasteiger partial charge in [0, 0.05) is 37.2 Å². The zero-order valence-corrected chi connectivity index (χ0v) is 18.1. The van der Waals surface area contributed by atoms with E-state index in [2.05, 4.69) is 20.8 Å². The number of anilines is 1. The highest BCUT2D eigenvalue weighted by molar-refractivity contribution is 5.92. The molecule has 3 rings (SSSR count). The van der Waals surface area contributed by atoms with Crippen molar-refractivity contribution < 1.29 is 18.8 Å². The second-order valence-electron chi connectivity index (χ2n) is 8.08. The van der Waals surface area contributed by atoms with Crippen molar-refractivity contribution in [1.82, 2.24) is 15.5 Å². The van der Waals surface area contributed by atoms with Crippen molar-refractivity contribution >= 4 is 17.6 Å². The topological polar surface area (TPSA) is 106 Å². The van der Waals surface area contributed by atoms with Crippen LogP contribution in [-0.4, -0.2) is 29.0 Å². The number of amides is 2. The van der Waals surface area contributed by atoms with Gasteiger partial charge in [0.15, 0.2) is 5.82 Å². The van der Waals surface area contributed by atoms with Gasteiger partial charge in [0.2, 0.25) is 5.91 Å². The van der Waals surface area contributed by atoms with Crippen LogP contribution in [0.25, 0.3) is 0 Å². The minimum absolute atomic E-state index is 0.132. The molecular weight excluding hydrogens is 396 g/mol. The number of ether oxygens (including phenoxy) is 1. The Morgan fingerprint density at radius 2 is 1.81 bits per heavy atom. The number of hydrogen-bond donors (Lipinski definition) is 2. The lowest BCUT2D eigenvalue weighted by molar-refractivity contribution is -0.116. The summed E-state index contributed by atoms with van der Waals surface area (Å²) in [7, 11) is 1.55. The summed E-state index contributed by atoms with van der Waals surface area (Å²) in [6, 6.07) is 12.4. The van der Waals surface area contributed by atoms with E-state index in [0.717, 1.165) is 11.3 Å². The van der Waals surface area contributed by atoms with Crippen LogP contribution in [-0.2, 0) is 16.6 Å².